The monoisotopic (exact) mass is 656 g/mol. The summed E-state index contributed by atoms with van der Waals surface area (Å²) in [7, 11) is 0. The molecule has 0 aromatic rings. The van der Waals surface area contributed by atoms with Gasteiger partial charge in [0.1, 0.15) is 0 Å². The second-order valence-corrected chi connectivity index (χ2v) is 13.0. The summed E-state index contributed by atoms with van der Waals surface area (Å²) >= 11 is 0. The number of aliphatic carboxylic acids is 2. The van der Waals surface area contributed by atoms with E-state index in [9.17, 15) is 19.2 Å². The lowest BCUT2D eigenvalue weighted by Crippen LogP contribution is -2.38. The summed E-state index contributed by atoms with van der Waals surface area (Å²) in [5, 5.41) is 41.9. The van der Waals surface area contributed by atoms with Crippen LogP contribution in [0.5, 0.6) is 0 Å². The van der Waals surface area contributed by atoms with Gasteiger partial charge in [-0.1, -0.05) is 103 Å². The highest BCUT2D eigenvalue weighted by Gasteiger charge is 2.16. The Labute approximate surface area is 278 Å². The van der Waals surface area contributed by atoms with Crippen molar-refractivity contribution in [3.63, 3.8) is 0 Å². The molecule has 2 atom stereocenters. The molecule has 46 heavy (non-hydrogen) atoms. The predicted octanol–water partition coefficient (Wildman–Crippen LogP) is 7.03. The van der Waals surface area contributed by atoms with Gasteiger partial charge in [0.15, 0.2) is 0 Å². The lowest BCUT2D eigenvalue weighted by molar-refractivity contribution is -0.138. The van der Waals surface area contributed by atoms with Crippen molar-refractivity contribution in [2.75, 3.05) is 13.2 Å². The van der Waals surface area contributed by atoms with E-state index in [0.717, 1.165) is 141 Å². The van der Waals surface area contributed by atoms with E-state index in [2.05, 4.69) is 10.6 Å². The van der Waals surface area contributed by atoms with Gasteiger partial charge in [-0.15, -0.1) is 0 Å². The number of carboxylic acids is 2. The number of amides is 2. The molecule has 0 aromatic heterocycles. The van der Waals surface area contributed by atoms with Gasteiger partial charge in [0, 0.05) is 51.0 Å². The lowest BCUT2D eigenvalue weighted by atomic mass is 9.99. The number of hydrogen-bond donors (Lipinski definition) is 6. The van der Waals surface area contributed by atoms with Gasteiger partial charge in [0.25, 0.3) is 0 Å². The third-order valence-corrected chi connectivity index (χ3v) is 8.62. The van der Waals surface area contributed by atoms with Gasteiger partial charge in [-0.2, -0.15) is 0 Å². The first kappa shape index (κ1) is 43.8. The van der Waals surface area contributed by atoms with Gasteiger partial charge in [0.05, 0.1) is 0 Å². The fourth-order valence-corrected chi connectivity index (χ4v) is 5.86. The van der Waals surface area contributed by atoms with Crippen molar-refractivity contribution in [3.8, 4) is 0 Å². The van der Waals surface area contributed by atoms with Crippen LogP contribution in [0.4, 0.5) is 0 Å². The molecule has 10 heteroatoms. The number of unbranched alkanes of at least 4 members (excludes halogenated alkanes) is 16. The Morgan fingerprint density at radius 2 is 0.630 bits per heavy atom. The SMILES string of the molecule is O=C(O)CCCCCCCC(CCCCCCCO)NC(=O)CCC(=O)NC(CCCCCCCO)CCCCCCCC(=O)O. The third-order valence-electron chi connectivity index (χ3n) is 8.62. The summed E-state index contributed by atoms with van der Waals surface area (Å²) in [6, 6.07) is 0.142. The molecule has 2 amide bonds. The van der Waals surface area contributed by atoms with Crippen LogP contribution in [0.3, 0.4) is 0 Å². The molecule has 0 fully saturated rings. The first-order chi connectivity index (χ1) is 22.3. The minimum Gasteiger partial charge on any atom is -0.481 e. The minimum absolute atomic E-state index is 0.0708. The van der Waals surface area contributed by atoms with Gasteiger partial charge in [0.2, 0.25) is 11.8 Å². The van der Waals surface area contributed by atoms with Crippen molar-refractivity contribution in [1.82, 2.24) is 10.6 Å². The summed E-state index contributed by atoms with van der Waals surface area (Å²) in [6.07, 6.45) is 23.4. The van der Waals surface area contributed by atoms with Gasteiger partial charge in [-0.3, -0.25) is 19.2 Å². The maximum Gasteiger partial charge on any atom is 0.303 e. The Hall–Kier alpha value is -2.20. The van der Waals surface area contributed by atoms with Crippen LogP contribution < -0.4 is 10.6 Å². The molecule has 0 radical (unpaired) electrons. The molecule has 0 saturated heterocycles. The van der Waals surface area contributed by atoms with Crippen LogP contribution in [-0.4, -0.2) is 69.5 Å². The molecule has 0 bridgehead atoms. The second kappa shape index (κ2) is 32.7. The number of aliphatic hydroxyl groups is 2. The molecule has 0 aromatic carbocycles. The maximum absolute atomic E-state index is 12.9. The highest BCUT2D eigenvalue weighted by Crippen LogP contribution is 2.16. The molecule has 6 N–H and O–H groups in total. The topological polar surface area (TPSA) is 173 Å². The highest BCUT2D eigenvalue weighted by atomic mass is 16.4. The van der Waals surface area contributed by atoms with Crippen LogP contribution in [0.2, 0.25) is 0 Å². The maximum atomic E-state index is 12.9. The number of rotatable bonds is 35. The van der Waals surface area contributed by atoms with Crippen molar-refractivity contribution in [2.45, 2.75) is 192 Å². The Morgan fingerprint density at radius 3 is 0.913 bits per heavy atom. The number of aliphatic hydroxyl groups excluding tert-OH is 2. The van der Waals surface area contributed by atoms with E-state index in [4.69, 9.17) is 20.4 Å². The van der Waals surface area contributed by atoms with E-state index in [-0.39, 0.29) is 62.8 Å². The number of carboxylic acid groups (broad SMARTS) is 2. The Kier molecular flexibility index (Phi) is 31.2. The van der Waals surface area contributed by atoms with E-state index in [1.165, 1.54) is 0 Å². The molecule has 0 saturated carbocycles. The third kappa shape index (κ3) is 31.8. The largest absolute Gasteiger partial charge is 0.481 e. The van der Waals surface area contributed by atoms with Crippen LogP contribution in [0, 0.1) is 0 Å². The van der Waals surface area contributed by atoms with E-state index in [0.29, 0.717) is 12.8 Å². The van der Waals surface area contributed by atoms with Gasteiger partial charge < -0.3 is 31.1 Å². The van der Waals surface area contributed by atoms with Crippen LogP contribution in [0.25, 0.3) is 0 Å². The fourth-order valence-electron chi connectivity index (χ4n) is 5.86. The molecule has 2 unspecified atom stereocenters. The Morgan fingerprint density at radius 1 is 0.370 bits per heavy atom. The van der Waals surface area contributed by atoms with Gasteiger partial charge in [-0.05, 0) is 51.4 Å². The summed E-state index contributed by atoms with van der Waals surface area (Å²) in [5.74, 6) is -1.69. The molecule has 0 rings (SSSR count). The molecule has 10 nitrogen and oxygen atoms in total. The zero-order valence-corrected chi connectivity index (χ0v) is 28.8. The Balaban J connectivity index is 4.67. The zero-order chi connectivity index (χ0) is 34.1. The number of nitrogens with one attached hydrogen (secondary N) is 2. The summed E-state index contributed by atoms with van der Waals surface area (Å²) in [4.78, 5) is 47.1. The van der Waals surface area contributed by atoms with Crippen LogP contribution in [0.1, 0.15) is 180 Å². The van der Waals surface area contributed by atoms with Crippen molar-refractivity contribution < 1.29 is 39.6 Å². The quantitative estimate of drug-likeness (QED) is 0.0394. The second-order valence-electron chi connectivity index (χ2n) is 13.0. The lowest BCUT2D eigenvalue weighted by Gasteiger charge is -2.20. The number of hydrogen-bond acceptors (Lipinski definition) is 6. The van der Waals surface area contributed by atoms with Crippen LogP contribution in [-0.2, 0) is 19.2 Å². The summed E-state index contributed by atoms with van der Waals surface area (Å²) < 4.78 is 0. The van der Waals surface area contributed by atoms with Crippen LogP contribution in [0.15, 0.2) is 0 Å². The first-order valence-corrected chi connectivity index (χ1v) is 18.5. The number of carbonyl (C=O) groups is 4. The molecule has 0 aliphatic carbocycles. The fraction of sp³-hybridized carbons (Fsp3) is 0.889. The van der Waals surface area contributed by atoms with Crippen molar-refractivity contribution >= 4 is 23.8 Å². The van der Waals surface area contributed by atoms with Crippen LogP contribution >= 0.6 is 0 Å². The molecule has 0 aliphatic rings. The van der Waals surface area contributed by atoms with E-state index >= 15 is 0 Å². The first-order valence-electron chi connectivity index (χ1n) is 18.5. The molecule has 0 heterocycles. The summed E-state index contributed by atoms with van der Waals surface area (Å²) in [5.41, 5.74) is 0. The predicted molar refractivity (Wildman–Crippen MR) is 183 cm³/mol. The molecular formula is C36H68N2O8. The van der Waals surface area contributed by atoms with Crippen molar-refractivity contribution in [3.05, 3.63) is 0 Å². The van der Waals surface area contributed by atoms with Gasteiger partial charge in [-0.25, -0.2) is 0 Å². The van der Waals surface area contributed by atoms with Gasteiger partial charge >= 0.3 is 11.9 Å². The normalized spacial score (nSPS) is 12.5. The minimum atomic E-state index is -0.752. The number of carbonyl (C=O) groups excluding carboxylic acids is 2. The molecule has 0 spiro atoms. The summed E-state index contributed by atoms with van der Waals surface area (Å²) in [6.45, 7) is 0.447. The average Bonchev–Trinajstić information content (AvgIpc) is 3.01. The highest BCUT2D eigenvalue weighted by molar-refractivity contribution is 5.84. The smallest absolute Gasteiger partial charge is 0.303 e. The molecule has 0 aliphatic heterocycles. The van der Waals surface area contributed by atoms with Crippen molar-refractivity contribution in [1.29, 1.82) is 0 Å². The van der Waals surface area contributed by atoms with Crippen molar-refractivity contribution in [2.24, 2.45) is 0 Å². The zero-order valence-electron chi connectivity index (χ0n) is 28.8. The van der Waals surface area contributed by atoms with E-state index < -0.39 is 11.9 Å². The van der Waals surface area contributed by atoms with E-state index in [1.54, 1.807) is 0 Å². The molecule has 270 valence electrons. The standard InChI is InChI=1S/C36H68N2O8/c39-29-19-11-3-7-15-23-31(21-13-5-1-9-17-25-35(43)44)37-33(41)27-28-34(42)38-32(24-16-8-4-12-20-30-40)22-14-6-2-10-18-26-36(45)46/h31-32,39-40H,1-30H2,(H,37,41)(H,38,42)(H,43,44)(H,45,46). The average molecular weight is 657 g/mol. The Bertz CT molecular complexity index is 702. The van der Waals surface area contributed by atoms with E-state index in [1.807, 2.05) is 0 Å². The molecular weight excluding hydrogens is 588 g/mol.